The Balaban J connectivity index is 1.69. The Morgan fingerprint density at radius 1 is 1.15 bits per heavy atom. The molecule has 2 saturated heterocycles. The van der Waals surface area contributed by atoms with Crippen LogP contribution in [0.25, 0.3) is 10.1 Å². The largest absolute Gasteiger partial charge is 0.371 e. The molecule has 0 unspecified atom stereocenters. The molecule has 2 N–H and O–H groups in total. The van der Waals surface area contributed by atoms with E-state index in [4.69, 9.17) is 10.5 Å². The third kappa shape index (κ3) is 3.03. The Morgan fingerprint density at radius 2 is 1.88 bits per heavy atom. The molecule has 9 heteroatoms. The first-order chi connectivity index (χ1) is 12.5. The van der Waals surface area contributed by atoms with Gasteiger partial charge in [0.05, 0.1) is 17.6 Å². The highest BCUT2D eigenvalue weighted by molar-refractivity contribution is 7.86. The minimum absolute atomic E-state index is 0.194. The van der Waals surface area contributed by atoms with Gasteiger partial charge in [-0.2, -0.15) is 17.0 Å². The van der Waals surface area contributed by atoms with E-state index in [1.807, 2.05) is 24.3 Å². The van der Waals surface area contributed by atoms with Crippen molar-refractivity contribution in [2.75, 3.05) is 32.8 Å². The smallest absolute Gasteiger partial charge is 0.282 e. The number of nitrogens with two attached hydrogens (primary N) is 1. The van der Waals surface area contributed by atoms with Crippen LogP contribution in [0.3, 0.4) is 0 Å². The molecule has 4 rings (SSSR count). The molecule has 0 spiro atoms. The summed E-state index contributed by atoms with van der Waals surface area (Å²) in [6, 6.07) is 7.65. The van der Waals surface area contributed by atoms with Crippen molar-refractivity contribution in [2.24, 2.45) is 5.73 Å². The zero-order valence-electron chi connectivity index (χ0n) is 14.3. The van der Waals surface area contributed by atoms with E-state index in [1.165, 1.54) is 19.9 Å². The van der Waals surface area contributed by atoms with Crippen molar-refractivity contribution in [1.82, 2.24) is 8.61 Å². The summed E-state index contributed by atoms with van der Waals surface area (Å²) in [6.07, 6.45) is 1.29. The Labute approximate surface area is 156 Å². The molecule has 1 amide bonds. The first-order valence-corrected chi connectivity index (χ1v) is 10.9. The van der Waals surface area contributed by atoms with Gasteiger partial charge >= 0.3 is 0 Å². The summed E-state index contributed by atoms with van der Waals surface area (Å²) in [5.41, 5.74) is 6.29. The number of nitrogens with zero attached hydrogens (tertiary/aromatic N) is 2. The minimum Gasteiger partial charge on any atom is -0.371 e. The number of morpholine rings is 1. The predicted molar refractivity (Wildman–Crippen MR) is 100 cm³/mol. The predicted octanol–water partition coefficient (Wildman–Crippen LogP) is 1.71. The van der Waals surface area contributed by atoms with Crippen LogP contribution in [-0.2, 0) is 14.9 Å². The summed E-state index contributed by atoms with van der Waals surface area (Å²) in [6.45, 7) is 1.94. The van der Waals surface area contributed by atoms with Gasteiger partial charge < -0.3 is 10.5 Å². The van der Waals surface area contributed by atoms with Crippen LogP contribution < -0.4 is 5.73 Å². The van der Waals surface area contributed by atoms with Crippen LogP contribution in [0.2, 0.25) is 0 Å². The Hall–Kier alpha value is -1.52. The quantitative estimate of drug-likeness (QED) is 0.853. The number of rotatable bonds is 4. The van der Waals surface area contributed by atoms with Crippen molar-refractivity contribution < 1.29 is 17.9 Å². The molecular formula is C17H21N3O4S2. The van der Waals surface area contributed by atoms with Gasteiger partial charge in [-0.05, 0) is 24.3 Å². The van der Waals surface area contributed by atoms with Crippen LogP contribution >= 0.6 is 11.3 Å². The van der Waals surface area contributed by atoms with Crippen molar-refractivity contribution >= 4 is 37.5 Å². The number of carbonyl (C=O) groups is 1. The number of hydrogen-bond acceptors (Lipinski definition) is 5. The number of amides is 1. The molecule has 1 aromatic carbocycles. The van der Waals surface area contributed by atoms with E-state index < -0.39 is 22.2 Å². The average Bonchev–Trinajstić information content (AvgIpc) is 3.30. The number of thiophene rings is 1. The molecule has 26 heavy (non-hydrogen) atoms. The maximum absolute atomic E-state index is 12.9. The van der Waals surface area contributed by atoms with Gasteiger partial charge in [0.15, 0.2) is 0 Å². The lowest BCUT2D eigenvalue weighted by Crippen LogP contribution is -2.48. The molecule has 1 aromatic heterocycles. The maximum Gasteiger partial charge on any atom is 0.282 e. The normalized spacial score (nSPS) is 22.8. The lowest BCUT2D eigenvalue weighted by Gasteiger charge is -2.34. The molecule has 0 bridgehead atoms. The molecule has 2 aliphatic rings. The maximum atomic E-state index is 12.9. The second-order valence-corrected chi connectivity index (χ2v) is 9.52. The number of primary amides is 1. The fraction of sp³-hybridized carbons (Fsp3) is 0.471. The van der Waals surface area contributed by atoms with Gasteiger partial charge in [0.2, 0.25) is 0 Å². The molecule has 7 nitrogen and oxygen atoms in total. The van der Waals surface area contributed by atoms with Gasteiger partial charge in [0.25, 0.3) is 16.1 Å². The van der Waals surface area contributed by atoms with Gasteiger partial charge in [-0.25, -0.2) is 0 Å². The highest BCUT2D eigenvalue weighted by atomic mass is 32.2. The summed E-state index contributed by atoms with van der Waals surface area (Å²) in [7, 11) is -3.50. The molecule has 0 radical (unpaired) electrons. The van der Waals surface area contributed by atoms with E-state index in [-0.39, 0.29) is 6.54 Å². The highest BCUT2D eigenvalue weighted by Gasteiger charge is 2.37. The van der Waals surface area contributed by atoms with E-state index in [2.05, 4.69) is 0 Å². The van der Waals surface area contributed by atoms with Crippen LogP contribution in [-0.4, -0.2) is 55.7 Å². The Morgan fingerprint density at radius 3 is 2.62 bits per heavy atom. The molecule has 2 aromatic rings. The van der Waals surface area contributed by atoms with Gasteiger partial charge in [0.1, 0.15) is 0 Å². The van der Waals surface area contributed by atoms with Crippen LogP contribution in [0.15, 0.2) is 24.3 Å². The minimum atomic E-state index is -3.50. The summed E-state index contributed by atoms with van der Waals surface area (Å²) < 4.78 is 35.6. The number of fused-ring (bicyclic) bond motifs is 1. The molecular weight excluding hydrogens is 374 g/mol. The summed E-state index contributed by atoms with van der Waals surface area (Å²) >= 11 is 1.33. The zero-order chi connectivity index (χ0) is 18.3. The second-order valence-electron chi connectivity index (χ2n) is 6.54. The van der Waals surface area contributed by atoms with Crippen LogP contribution in [0, 0.1) is 0 Å². The molecule has 1 atom stereocenters. The topological polar surface area (TPSA) is 92.9 Å². The van der Waals surface area contributed by atoms with Crippen LogP contribution in [0.4, 0.5) is 0 Å². The number of carbonyl (C=O) groups excluding carboxylic acids is 1. The van der Waals surface area contributed by atoms with Crippen molar-refractivity contribution in [1.29, 1.82) is 0 Å². The number of hydrogen-bond donors (Lipinski definition) is 1. The lowest BCUT2D eigenvalue weighted by molar-refractivity contribution is -0.00343. The molecule has 0 saturated carbocycles. The van der Waals surface area contributed by atoms with E-state index in [0.29, 0.717) is 36.7 Å². The zero-order valence-corrected chi connectivity index (χ0v) is 15.9. The van der Waals surface area contributed by atoms with E-state index in [9.17, 15) is 13.2 Å². The van der Waals surface area contributed by atoms with Crippen LogP contribution in [0.5, 0.6) is 0 Å². The number of benzene rings is 1. The fourth-order valence-electron chi connectivity index (χ4n) is 3.66. The fourth-order valence-corrected chi connectivity index (χ4v) is 6.44. The summed E-state index contributed by atoms with van der Waals surface area (Å²) in [4.78, 5) is 12.4. The van der Waals surface area contributed by atoms with Crippen molar-refractivity contribution in [2.45, 2.75) is 18.9 Å². The SMILES string of the molecule is NC(=O)c1sc2ccccc2c1[C@H]1CN(S(=O)(=O)N2CCCC2)CCO1. The third-order valence-corrected chi connectivity index (χ3v) is 8.13. The molecule has 140 valence electrons. The lowest BCUT2D eigenvalue weighted by atomic mass is 10.0. The van der Waals surface area contributed by atoms with Gasteiger partial charge in [-0.1, -0.05) is 18.2 Å². The summed E-state index contributed by atoms with van der Waals surface area (Å²) in [5.74, 6) is -0.510. The average molecular weight is 396 g/mol. The second kappa shape index (κ2) is 6.90. The molecule has 0 aliphatic carbocycles. The highest BCUT2D eigenvalue weighted by Crippen LogP contribution is 2.38. The van der Waals surface area contributed by atoms with Crippen molar-refractivity contribution in [3.05, 3.63) is 34.7 Å². The summed E-state index contributed by atoms with van der Waals surface area (Å²) in [5, 5.41) is 0.900. The molecule has 2 aliphatic heterocycles. The monoisotopic (exact) mass is 395 g/mol. The van der Waals surface area contributed by atoms with E-state index in [0.717, 1.165) is 22.9 Å². The molecule has 2 fully saturated rings. The van der Waals surface area contributed by atoms with E-state index >= 15 is 0 Å². The van der Waals surface area contributed by atoms with Crippen LogP contribution in [0.1, 0.15) is 34.2 Å². The van der Waals surface area contributed by atoms with E-state index in [1.54, 1.807) is 0 Å². The first-order valence-electron chi connectivity index (χ1n) is 8.66. The Kier molecular flexibility index (Phi) is 4.74. The first kappa shape index (κ1) is 17.9. The van der Waals surface area contributed by atoms with Crippen molar-refractivity contribution in [3.63, 3.8) is 0 Å². The van der Waals surface area contributed by atoms with Gasteiger partial charge in [-0.15, -0.1) is 11.3 Å². The standard InChI is InChI=1S/C17H21N3O4S2/c18-17(21)16-15(12-5-1-2-6-14(12)25-16)13-11-20(9-10-24-13)26(22,23)19-7-3-4-8-19/h1-2,5-6,13H,3-4,7-11H2,(H2,18,21)/t13-/m1/s1. The molecule has 3 heterocycles. The number of ether oxygens (including phenoxy) is 1. The Bertz CT molecular complexity index is 935. The van der Waals surface area contributed by atoms with Crippen molar-refractivity contribution in [3.8, 4) is 0 Å². The van der Waals surface area contributed by atoms with Gasteiger partial charge in [0, 0.05) is 36.4 Å². The third-order valence-electron chi connectivity index (χ3n) is 4.93. The van der Waals surface area contributed by atoms with Gasteiger partial charge in [-0.3, -0.25) is 4.79 Å².